The van der Waals surface area contributed by atoms with Crippen LogP contribution >= 0.6 is 0 Å². The molecule has 0 aliphatic heterocycles. The van der Waals surface area contributed by atoms with Gasteiger partial charge in [-0.15, -0.1) is 0 Å². The van der Waals surface area contributed by atoms with Gasteiger partial charge in [-0.1, -0.05) is 12.1 Å². The third-order valence-corrected chi connectivity index (χ3v) is 4.68. The van der Waals surface area contributed by atoms with Gasteiger partial charge in [0.15, 0.2) is 0 Å². The van der Waals surface area contributed by atoms with Crippen LogP contribution in [0.25, 0.3) is 0 Å². The maximum atomic E-state index is 13.4. The van der Waals surface area contributed by atoms with Gasteiger partial charge < -0.3 is 10.6 Å². The number of nitrogens with two attached hydrogens (primary N) is 1. The molecule has 6 heteroatoms. The first-order valence-electron chi connectivity index (χ1n) is 8.96. The Bertz CT molecular complexity index is 942. The number of primary amides is 1. The minimum atomic E-state index is -0.727. The fourth-order valence-corrected chi connectivity index (χ4v) is 3.07. The van der Waals surface area contributed by atoms with E-state index < -0.39 is 5.91 Å². The van der Waals surface area contributed by atoms with Crippen LogP contribution in [0.15, 0.2) is 30.3 Å². The highest BCUT2D eigenvalue weighted by Crippen LogP contribution is 2.34. The Kier molecular flexibility index (Phi) is 5.22. The van der Waals surface area contributed by atoms with E-state index in [1.807, 2.05) is 25.1 Å². The number of anilines is 1. The largest absolute Gasteiger partial charge is 0.364 e. The lowest BCUT2D eigenvalue weighted by atomic mass is 10.0. The molecule has 138 valence electrons. The van der Waals surface area contributed by atoms with Gasteiger partial charge >= 0.3 is 0 Å². The quantitative estimate of drug-likeness (QED) is 0.854. The Balaban J connectivity index is 2.09. The number of nitriles is 1. The summed E-state index contributed by atoms with van der Waals surface area (Å²) in [7, 11) is 0. The number of hydrogen-bond donors (Lipinski definition) is 1. The molecule has 0 radical (unpaired) electrons. The number of pyridine rings is 1. The predicted octanol–water partition coefficient (Wildman–Crippen LogP) is 2.92. The summed E-state index contributed by atoms with van der Waals surface area (Å²) in [6.45, 7) is 4.24. The first-order chi connectivity index (χ1) is 12.9. The molecule has 1 fully saturated rings. The second-order valence-electron chi connectivity index (χ2n) is 7.04. The fourth-order valence-electron chi connectivity index (χ4n) is 3.07. The summed E-state index contributed by atoms with van der Waals surface area (Å²) >= 11 is 0. The van der Waals surface area contributed by atoms with E-state index in [-0.39, 0.29) is 23.6 Å². The third-order valence-electron chi connectivity index (χ3n) is 4.68. The van der Waals surface area contributed by atoms with Crippen LogP contribution in [0.3, 0.4) is 0 Å². The first-order valence-corrected chi connectivity index (χ1v) is 8.96. The minimum Gasteiger partial charge on any atom is -0.364 e. The molecule has 2 amide bonds. The average Bonchev–Trinajstić information content (AvgIpc) is 3.45. The molecular weight excluding hydrogens is 340 g/mol. The molecule has 0 bridgehead atoms. The number of benzene rings is 1. The van der Waals surface area contributed by atoms with Gasteiger partial charge in [0.2, 0.25) is 0 Å². The van der Waals surface area contributed by atoms with Gasteiger partial charge in [0.1, 0.15) is 5.69 Å². The highest BCUT2D eigenvalue weighted by molar-refractivity contribution is 6.12. The zero-order valence-electron chi connectivity index (χ0n) is 15.5. The summed E-state index contributed by atoms with van der Waals surface area (Å²) < 4.78 is 0. The van der Waals surface area contributed by atoms with E-state index in [0.717, 1.165) is 24.0 Å². The van der Waals surface area contributed by atoms with Crippen LogP contribution in [0.5, 0.6) is 0 Å². The fraction of sp³-hybridized carbons (Fsp3) is 0.333. The summed E-state index contributed by atoms with van der Waals surface area (Å²) in [6, 6.07) is 11.2. The van der Waals surface area contributed by atoms with Crippen LogP contribution < -0.4 is 10.6 Å². The van der Waals surface area contributed by atoms with E-state index in [1.54, 1.807) is 24.0 Å². The molecule has 1 aliphatic rings. The molecule has 1 heterocycles. The van der Waals surface area contributed by atoms with E-state index in [0.29, 0.717) is 23.8 Å². The molecule has 0 saturated heterocycles. The van der Waals surface area contributed by atoms with Gasteiger partial charge in [-0.3, -0.25) is 9.59 Å². The Morgan fingerprint density at radius 2 is 2.00 bits per heavy atom. The molecule has 0 unspecified atom stereocenters. The topological polar surface area (TPSA) is 100 Å². The standard InChI is InChI=1S/C21H22N4O2/c1-13-3-7-16(9-10-22)18(11-13)25(12-15-5-6-15)21(27)17-8-4-14(2)24-19(17)20(23)26/h3-4,7-8,11,15H,5-6,9,12H2,1-2H3,(H2,23,26). The van der Waals surface area contributed by atoms with Crippen molar-refractivity contribution < 1.29 is 9.59 Å². The van der Waals surface area contributed by atoms with Crippen LogP contribution in [0, 0.1) is 31.1 Å². The van der Waals surface area contributed by atoms with Crippen molar-refractivity contribution in [3.05, 3.63) is 58.4 Å². The Labute approximate surface area is 158 Å². The van der Waals surface area contributed by atoms with Gasteiger partial charge in [-0.05, 0) is 61.9 Å². The van der Waals surface area contributed by atoms with Gasteiger partial charge in [0.05, 0.1) is 18.1 Å². The molecule has 1 aromatic heterocycles. The normalized spacial score (nSPS) is 13.1. The van der Waals surface area contributed by atoms with Gasteiger partial charge in [-0.25, -0.2) is 4.98 Å². The number of nitrogens with zero attached hydrogens (tertiary/aromatic N) is 3. The van der Waals surface area contributed by atoms with Crippen molar-refractivity contribution in [2.75, 3.05) is 11.4 Å². The number of aryl methyl sites for hydroxylation is 2. The molecule has 6 nitrogen and oxygen atoms in total. The number of aromatic nitrogens is 1. The smallest absolute Gasteiger partial charge is 0.268 e. The molecule has 0 atom stereocenters. The molecule has 27 heavy (non-hydrogen) atoms. The molecule has 1 aliphatic carbocycles. The van der Waals surface area contributed by atoms with E-state index in [2.05, 4.69) is 11.1 Å². The molecule has 1 aromatic carbocycles. The van der Waals surface area contributed by atoms with Crippen LogP contribution in [-0.2, 0) is 6.42 Å². The van der Waals surface area contributed by atoms with Crippen molar-refractivity contribution in [1.82, 2.24) is 4.98 Å². The summed E-state index contributed by atoms with van der Waals surface area (Å²) in [5, 5.41) is 9.17. The van der Waals surface area contributed by atoms with E-state index in [4.69, 9.17) is 11.0 Å². The van der Waals surface area contributed by atoms with Crippen molar-refractivity contribution in [2.24, 2.45) is 11.7 Å². The molecule has 1 saturated carbocycles. The van der Waals surface area contributed by atoms with Gasteiger partial charge in [-0.2, -0.15) is 5.26 Å². The maximum Gasteiger partial charge on any atom is 0.268 e. The minimum absolute atomic E-state index is 0.0183. The summed E-state index contributed by atoms with van der Waals surface area (Å²) in [4.78, 5) is 31.1. The second-order valence-corrected chi connectivity index (χ2v) is 7.04. The SMILES string of the molecule is Cc1ccc(CC#N)c(N(CC2CC2)C(=O)c2ccc(C)nc2C(N)=O)c1. The van der Waals surface area contributed by atoms with Crippen LogP contribution in [-0.4, -0.2) is 23.3 Å². The highest BCUT2D eigenvalue weighted by atomic mass is 16.2. The lowest BCUT2D eigenvalue weighted by Gasteiger charge is -2.26. The molecule has 2 aromatic rings. The number of carbonyl (C=O) groups is 2. The summed E-state index contributed by atoms with van der Waals surface area (Å²) in [5.41, 5.74) is 8.75. The van der Waals surface area contributed by atoms with E-state index >= 15 is 0 Å². The van der Waals surface area contributed by atoms with Crippen molar-refractivity contribution in [3.63, 3.8) is 0 Å². The Morgan fingerprint density at radius 3 is 2.63 bits per heavy atom. The second kappa shape index (κ2) is 7.58. The summed E-state index contributed by atoms with van der Waals surface area (Å²) in [6.07, 6.45) is 2.34. The van der Waals surface area contributed by atoms with Crippen LogP contribution in [0.2, 0.25) is 0 Å². The predicted molar refractivity (Wildman–Crippen MR) is 102 cm³/mol. The van der Waals surface area contributed by atoms with Crippen LogP contribution in [0.4, 0.5) is 5.69 Å². The molecule has 3 rings (SSSR count). The van der Waals surface area contributed by atoms with Gasteiger partial charge in [0.25, 0.3) is 11.8 Å². The zero-order chi connectivity index (χ0) is 19.6. The number of hydrogen-bond acceptors (Lipinski definition) is 4. The van der Waals surface area contributed by atoms with Crippen molar-refractivity contribution in [1.29, 1.82) is 5.26 Å². The lowest BCUT2D eigenvalue weighted by Crippen LogP contribution is -2.35. The van der Waals surface area contributed by atoms with E-state index in [9.17, 15) is 9.59 Å². The van der Waals surface area contributed by atoms with Crippen molar-refractivity contribution in [2.45, 2.75) is 33.1 Å². The van der Waals surface area contributed by atoms with Gasteiger partial charge in [0, 0.05) is 17.9 Å². The summed E-state index contributed by atoms with van der Waals surface area (Å²) in [5.74, 6) is -0.609. The maximum absolute atomic E-state index is 13.4. The molecule has 2 N–H and O–H groups in total. The lowest BCUT2D eigenvalue weighted by molar-refractivity contribution is 0.0955. The van der Waals surface area contributed by atoms with Crippen molar-refractivity contribution >= 4 is 17.5 Å². The first kappa shape index (κ1) is 18.6. The Morgan fingerprint density at radius 1 is 1.26 bits per heavy atom. The highest BCUT2D eigenvalue weighted by Gasteiger charge is 2.31. The number of carbonyl (C=O) groups excluding carboxylic acids is 2. The molecular formula is C21H22N4O2. The Hall–Kier alpha value is -3.20. The molecule has 0 spiro atoms. The van der Waals surface area contributed by atoms with Crippen LogP contribution in [0.1, 0.15) is 50.5 Å². The van der Waals surface area contributed by atoms with E-state index in [1.165, 1.54) is 0 Å². The third kappa shape index (κ3) is 4.14. The number of amides is 2. The zero-order valence-corrected chi connectivity index (χ0v) is 15.5. The average molecular weight is 362 g/mol. The monoisotopic (exact) mass is 362 g/mol. The number of rotatable bonds is 6. The van der Waals surface area contributed by atoms with Crippen molar-refractivity contribution in [3.8, 4) is 6.07 Å².